The summed E-state index contributed by atoms with van der Waals surface area (Å²) in [4.78, 5) is 41.0. The van der Waals surface area contributed by atoms with Crippen LogP contribution in [-0.4, -0.2) is 49.4 Å². The Hall–Kier alpha value is -4.64. The number of aryl methyl sites for hydroxylation is 1. The van der Waals surface area contributed by atoms with E-state index in [4.69, 9.17) is 10.00 Å². The third-order valence-corrected chi connectivity index (χ3v) is 7.10. The van der Waals surface area contributed by atoms with Crippen LogP contribution in [0.4, 0.5) is 11.4 Å². The first-order chi connectivity index (χ1) is 18.9. The van der Waals surface area contributed by atoms with E-state index in [1.54, 1.807) is 47.4 Å². The second kappa shape index (κ2) is 12.7. The number of nitriles is 1. The predicted octanol–water partition coefficient (Wildman–Crippen LogP) is 4.45. The zero-order chi connectivity index (χ0) is 27.7. The van der Waals surface area contributed by atoms with E-state index in [9.17, 15) is 14.4 Å². The molecular weight excluding hydrogens is 492 g/mol. The summed E-state index contributed by atoms with van der Waals surface area (Å²) in [5.41, 5.74) is 2.42. The van der Waals surface area contributed by atoms with Crippen LogP contribution in [-0.2, 0) is 20.7 Å². The second-order valence-corrected chi connectivity index (χ2v) is 9.71. The van der Waals surface area contributed by atoms with Gasteiger partial charge in [-0.25, -0.2) is 0 Å². The van der Waals surface area contributed by atoms with E-state index >= 15 is 0 Å². The maximum atomic E-state index is 13.6. The van der Waals surface area contributed by atoms with Crippen molar-refractivity contribution in [2.24, 2.45) is 5.41 Å². The van der Waals surface area contributed by atoms with Crippen molar-refractivity contribution in [3.8, 4) is 6.07 Å². The highest BCUT2D eigenvalue weighted by Gasteiger charge is 2.48. The number of para-hydroxylation sites is 1. The van der Waals surface area contributed by atoms with E-state index in [1.807, 2.05) is 24.3 Å². The molecule has 0 radical (unpaired) electrons. The lowest BCUT2D eigenvalue weighted by Crippen LogP contribution is -2.45. The van der Waals surface area contributed by atoms with E-state index in [0.29, 0.717) is 36.3 Å². The van der Waals surface area contributed by atoms with Gasteiger partial charge in [-0.15, -0.1) is 0 Å². The van der Waals surface area contributed by atoms with Gasteiger partial charge in [0.25, 0.3) is 5.91 Å². The molecule has 2 amide bonds. The third-order valence-electron chi connectivity index (χ3n) is 7.10. The largest absolute Gasteiger partial charge is 0.469 e. The van der Waals surface area contributed by atoms with Crippen molar-refractivity contribution < 1.29 is 19.1 Å². The Morgan fingerprint density at radius 3 is 2.46 bits per heavy atom. The van der Waals surface area contributed by atoms with Crippen molar-refractivity contribution in [1.29, 1.82) is 5.26 Å². The molecule has 3 aromatic rings. The van der Waals surface area contributed by atoms with E-state index in [1.165, 1.54) is 12.7 Å². The Morgan fingerprint density at radius 1 is 1.03 bits per heavy atom. The SMILES string of the molecule is COC(=O)CC1(CNC(=O)c2ccccc2Nc2ccc(C#N)cc2)CCN(CCCc2ccccc2)C1=O. The highest BCUT2D eigenvalue weighted by Crippen LogP contribution is 2.36. The molecule has 1 atom stereocenters. The van der Waals surface area contributed by atoms with Gasteiger partial charge in [0.1, 0.15) is 0 Å². The Morgan fingerprint density at radius 2 is 1.74 bits per heavy atom. The van der Waals surface area contributed by atoms with Crippen molar-refractivity contribution in [2.45, 2.75) is 25.7 Å². The predicted molar refractivity (Wildman–Crippen MR) is 148 cm³/mol. The summed E-state index contributed by atoms with van der Waals surface area (Å²) in [6.45, 7) is 1.14. The molecule has 1 aliphatic rings. The third kappa shape index (κ3) is 6.82. The first-order valence-electron chi connectivity index (χ1n) is 13.0. The van der Waals surface area contributed by atoms with Crippen molar-refractivity contribution in [3.05, 3.63) is 95.6 Å². The summed E-state index contributed by atoms with van der Waals surface area (Å²) in [7, 11) is 1.30. The smallest absolute Gasteiger partial charge is 0.306 e. The van der Waals surface area contributed by atoms with Crippen LogP contribution in [0.1, 0.15) is 40.7 Å². The minimum absolute atomic E-state index is 0.0279. The molecule has 200 valence electrons. The molecule has 0 bridgehead atoms. The van der Waals surface area contributed by atoms with Gasteiger partial charge in [0.05, 0.1) is 41.8 Å². The fourth-order valence-electron chi connectivity index (χ4n) is 4.88. The monoisotopic (exact) mass is 524 g/mol. The first kappa shape index (κ1) is 27.4. The van der Waals surface area contributed by atoms with Crippen molar-refractivity contribution in [2.75, 3.05) is 32.1 Å². The number of likely N-dealkylation sites (tertiary alicyclic amines) is 1. The number of hydrogen-bond acceptors (Lipinski definition) is 6. The molecule has 1 fully saturated rings. The Balaban J connectivity index is 1.43. The van der Waals surface area contributed by atoms with E-state index in [2.05, 4.69) is 28.8 Å². The summed E-state index contributed by atoms with van der Waals surface area (Å²) in [6.07, 6.45) is 2.03. The van der Waals surface area contributed by atoms with Crippen LogP contribution in [0.3, 0.4) is 0 Å². The molecule has 3 aromatic carbocycles. The molecule has 39 heavy (non-hydrogen) atoms. The van der Waals surface area contributed by atoms with Crippen LogP contribution in [0.25, 0.3) is 0 Å². The van der Waals surface area contributed by atoms with Crippen molar-refractivity contribution in [1.82, 2.24) is 10.2 Å². The number of carbonyl (C=O) groups is 3. The van der Waals surface area contributed by atoms with E-state index < -0.39 is 11.4 Å². The first-order valence-corrected chi connectivity index (χ1v) is 13.0. The Kier molecular flexibility index (Phi) is 8.95. The molecular formula is C31H32N4O4. The number of ether oxygens (including phenoxy) is 1. The number of amides is 2. The molecule has 2 N–H and O–H groups in total. The van der Waals surface area contributed by atoms with Gasteiger partial charge in [-0.3, -0.25) is 14.4 Å². The average Bonchev–Trinajstić information content (AvgIpc) is 3.27. The van der Waals surface area contributed by atoms with Gasteiger partial charge in [0.15, 0.2) is 0 Å². The zero-order valence-electron chi connectivity index (χ0n) is 22.0. The summed E-state index contributed by atoms with van der Waals surface area (Å²) in [5.74, 6) is -0.969. The number of esters is 1. The molecule has 0 aliphatic carbocycles. The fourth-order valence-corrected chi connectivity index (χ4v) is 4.88. The zero-order valence-corrected chi connectivity index (χ0v) is 22.0. The minimum atomic E-state index is -1.05. The molecule has 8 nitrogen and oxygen atoms in total. The molecule has 1 unspecified atom stereocenters. The number of methoxy groups -OCH3 is 1. The number of anilines is 2. The maximum absolute atomic E-state index is 13.6. The van der Waals surface area contributed by atoms with Gasteiger partial charge < -0.3 is 20.3 Å². The molecule has 0 saturated carbocycles. The fraction of sp³-hybridized carbons (Fsp3) is 0.290. The number of carbonyl (C=O) groups excluding carboxylic acids is 3. The molecule has 0 aromatic heterocycles. The van der Waals surface area contributed by atoms with E-state index in [0.717, 1.165) is 18.5 Å². The Labute approximate surface area is 228 Å². The lowest BCUT2D eigenvalue weighted by atomic mass is 9.82. The Bertz CT molecular complexity index is 1350. The second-order valence-electron chi connectivity index (χ2n) is 9.71. The van der Waals surface area contributed by atoms with Crippen molar-refractivity contribution in [3.63, 3.8) is 0 Å². The molecule has 8 heteroatoms. The summed E-state index contributed by atoms with van der Waals surface area (Å²) in [5, 5.41) is 15.1. The van der Waals surface area contributed by atoms with Crippen LogP contribution < -0.4 is 10.6 Å². The minimum Gasteiger partial charge on any atom is -0.469 e. The topological polar surface area (TPSA) is 112 Å². The van der Waals surface area contributed by atoms with Gasteiger partial charge >= 0.3 is 5.97 Å². The molecule has 1 saturated heterocycles. The number of rotatable bonds is 11. The lowest BCUT2D eigenvalue weighted by molar-refractivity contribution is -0.148. The molecule has 4 rings (SSSR count). The van der Waals surface area contributed by atoms with Crippen LogP contribution in [0.2, 0.25) is 0 Å². The van der Waals surface area contributed by atoms with Crippen LogP contribution in [0.15, 0.2) is 78.9 Å². The molecule has 1 heterocycles. The number of benzene rings is 3. The van der Waals surface area contributed by atoms with Gasteiger partial charge in [-0.05, 0) is 61.2 Å². The average molecular weight is 525 g/mol. The summed E-state index contributed by atoms with van der Waals surface area (Å²) >= 11 is 0. The maximum Gasteiger partial charge on any atom is 0.306 e. The van der Waals surface area contributed by atoms with Gasteiger partial charge in [0, 0.05) is 25.3 Å². The quantitative estimate of drug-likeness (QED) is 0.359. The normalized spacial score (nSPS) is 16.4. The van der Waals surface area contributed by atoms with Crippen LogP contribution in [0, 0.1) is 16.7 Å². The standard InChI is InChI=1S/C31H32N4O4/c1-39-28(36)20-31(17-19-35(30(31)38)18-7-10-23-8-3-2-4-9-23)22-33-29(37)26-11-5-6-12-27(26)34-25-15-13-24(21-32)14-16-25/h2-6,8-9,11-16,34H,7,10,17-20,22H2,1H3,(H,33,37). The summed E-state index contributed by atoms with van der Waals surface area (Å²) in [6, 6.07) is 26.2. The number of nitrogens with zero attached hydrogens (tertiary/aromatic N) is 2. The van der Waals surface area contributed by atoms with Crippen LogP contribution in [0.5, 0.6) is 0 Å². The van der Waals surface area contributed by atoms with Crippen molar-refractivity contribution >= 4 is 29.2 Å². The van der Waals surface area contributed by atoms with Crippen LogP contribution >= 0.6 is 0 Å². The number of hydrogen-bond donors (Lipinski definition) is 2. The molecule has 0 spiro atoms. The molecule has 1 aliphatic heterocycles. The lowest BCUT2D eigenvalue weighted by Gasteiger charge is -2.27. The highest BCUT2D eigenvalue weighted by molar-refractivity contribution is 6.01. The van der Waals surface area contributed by atoms with Gasteiger partial charge in [-0.1, -0.05) is 42.5 Å². The number of nitrogens with one attached hydrogen (secondary N) is 2. The van der Waals surface area contributed by atoms with Gasteiger partial charge in [0.2, 0.25) is 5.91 Å². The van der Waals surface area contributed by atoms with Gasteiger partial charge in [-0.2, -0.15) is 5.26 Å². The highest BCUT2D eigenvalue weighted by atomic mass is 16.5. The van der Waals surface area contributed by atoms with E-state index in [-0.39, 0.29) is 24.8 Å². The summed E-state index contributed by atoms with van der Waals surface area (Å²) < 4.78 is 4.90.